The summed E-state index contributed by atoms with van der Waals surface area (Å²) in [6.45, 7) is 0. The molecule has 2 heterocycles. The van der Waals surface area contributed by atoms with E-state index in [-0.39, 0.29) is 5.82 Å². The van der Waals surface area contributed by atoms with Crippen LogP contribution in [0.2, 0.25) is 0 Å². The van der Waals surface area contributed by atoms with Crippen LogP contribution < -0.4 is 0 Å². The Labute approximate surface area is 114 Å². The lowest BCUT2D eigenvalue weighted by molar-refractivity contribution is -0.0823. The molecule has 2 aliphatic rings. The molecule has 0 spiro atoms. The Morgan fingerprint density at radius 2 is 1.89 bits per heavy atom. The lowest BCUT2D eigenvalue weighted by atomic mass is 9.73. The second-order valence-corrected chi connectivity index (χ2v) is 6.30. The van der Waals surface area contributed by atoms with Crippen LogP contribution >= 0.6 is 0 Å². The minimum atomic E-state index is -0.732. The average molecular weight is 263 g/mol. The molecule has 2 nitrogen and oxygen atoms in total. The normalized spacial score (nSPS) is 35.3. The van der Waals surface area contributed by atoms with Gasteiger partial charge < -0.3 is 10.0 Å². The summed E-state index contributed by atoms with van der Waals surface area (Å²) in [5.74, 6) is -0.194. The summed E-state index contributed by atoms with van der Waals surface area (Å²) in [6.07, 6.45) is 5.57. The van der Waals surface area contributed by atoms with E-state index in [0.29, 0.717) is 24.1 Å². The highest BCUT2D eigenvalue weighted by atomic mass is 19.1. The van der Waals surface area contributed by atoms with Crippen LogP contribution in [0.3, 0.4) is 0 Å². The van der Waals surface area contributed by atoms with E-state index in [0.717, 1.165) is 25.7 Å². The summed E-state index contributed by atoms with van der Waals surface area (Å²) < 4.78 is 13.8. The van der Waals surface area contributed by atoms with Gasteiger partial charge in [-0.25, -0.2) is 4.39 Å². The zero-order valence-electron chi connectivity index (χ0n) is 11.5. The van der Waals surface area contributed by atoms with Crippen molar-refractivity contribution in [3.63, 3.8) is 0 Å². The van der Waals surface area contributed by atoms with E-state index in [2.05, 4.69) is 11.9 Å². The zero-order valence-corrected chi connectivity index (χ0v) is 11.5. The number of piperidine rings is 2. The molecule has 1 aromatic carbocycles. The molecule has 2 fully saturated rings. The third-order valence-electron chi connectivity index (χ3n) is 4.94. The third kappa shape index (κ3) is 2.54. The summed E-state index contributed by atoms with van der Waals surface area (Å²) in [6, 6.07) is 7.74. The van der Waals surface area contributed by atoms with Crippen molar-refractivity contribution < 1.29 is 9.50 Å². The summed E-state index contributed by atoms with van der Waals surface area (Å²) in [7, 11) is 2.16. The van der Waals surface area contributed by atoms with Crippen LogP contribution in [0.25, 0.3) is 0 Å². The molecule has 3 heteroatoms. The molecule has 1 N–H and O–H groups in total. The highest BCUT2D eigenvalue weighted by Gasteiger charge is 2.44. The Hall–Kier alpha value is -0.930. The number of nitrogens with zero attached hydrogens (tertiary/aromatic N) is 1. The molecule has 0 radical (unpaired) electrons. The van der Waals surface area contributed by atoms with Gasteiger partial charge in [-0.05, 0) is 44.4 Å². The van der Waals surface area contributed by atoms with Gasteiger partial charge in [0, 0.05) is 18.5 Å². The third-order valence-corrected chi connectivity index (χ3v) is 4.94. The van der Waals surface area contributed by atoms with Gasteiger partial charge in [0.2, 0.25) is 0 Å². The SMILES string of the molecule is CN1C2CCCC1CC(O)(Cc1ccccc1F)C2. The molecule has 19 heavy (non-hydrogen) atoms. The van der Waals surface area contributed by atoms with E-state index in [4.69, 9.17) is 0 Å². The molecular formula is C16H22FNO. The lowest BCUT2D eigenvalue weighted by Crippen LogP contribution is -2.57. The van der Waals surface area contributed by atoms with E-state index in [1.54, 1.807) is 12.1 Å². The second-order valence-electron chi connectivity index (χ2n) is 6.30. The topological polar surface area (TPSA) is 23.5 Å². The zero-order chi connectivity index (χ0) is 13.5. The molecule has 2 saturated heterocycles. The van der Waals surface area contributed by atoms with E-state index < -0.39 is 5.60 Å². The number of aliphatic hydroxyl groups is 1. The maximum Gasteiger partial charge on any atom is 0.126 e. The van der Waals surface area contributed by atoms with Crippen molar-refractivity contribution in [2.24, 2.45) is 0 Å². The minimum Gasteiger partial charge on any atom is -0.389 e. The highest BCUT2D eigenvalue weighted by molar-refractivity contribution is 5.20. The van der Waals surface area contributed by atoms with Gasteiger partial charge in [0.1, 0.15) is 5.82 Å². The molecule has 2 unspecified atom stereocenters. The first kappa shape index (κ1) is 13.1. The van der Waals surface area contributed by atoms with Gasteiger partial charge in [-0.15, -0.1) is 0 Å². The maximum absolute atomic E-state index is 13.8. The number of benzene rings is 1. The Bertz CT molecular complexity index is 448. The summed E-state index contributed by atoms with van der Waals surface area (Å²) >= 11 is 0. The van der Waals surface area contributed by atoms with Crippen LogP contribution in [0.4, 0.5) is 4.39 Å². The smallest absolute Gasteiger partial charge is 0.126 e. The van der Waals surface area contributed by atoms with Gasteiger partial charge >= 0.3 is 0 Å². The van der Waals surface area contributed by atoms with Gasteiger partial charge in [-0.2, -0.15) is 0 Å². The van der Waals surface area contributed by atoms with Crippen molar-refractivity contribution in [2.75, 3.05) is 7.05 Å². The number of hydrogen-bond acceptors (Lipinski definition) is 2. The molecule has 2 aliphatic heterocycles. The molecular weight excluding hydrogens is 241 g/mol. The van der Waals surface area contributed by atoms with E-state index in [9.17, 15) is 9.50 Å². The molecule has 0 aliphatic carbocycles. The minimum absolute atomic E-state index is 0.194. The Morgan fingerprint density at radius 3 is 2.53 bits per heavy atom. The van der Waals surface area contributed by atoms with Crippen LogP contribution in [-0.2, 0) is 6.42 Å². The number of fused-ring (bicyclic) bond motifs is 2. The van der Waals surface area contributed by atoms with Crippen molar-refractivity contribution >= 4 is 0 Å². The van der Waals surface area contributed by atoms with E-state index >= 15 is 0 Å². The van der Waals surface area contributed by atoms with Crippen molar-refractivity contribution in [1.29, 1.82) is 0 Å². The average Bonchev–Trinajstić information content (AvgIpc) is 2.35. The van der Waals surface area contributed by atoms with Crippen molar-refractivity contribution in [2.45, 2.75) is 56.2 Å². The van der Waals surface area contributed by atoms with E-state index in [1.807, 2.05) is 6.07 Å². The van der Waals surface area contributed by atoms with Gasteiger partial charge in [-0.3, -0.25) is 0 Å². The van der Waals surface area contributed by atoms with Gasteiger partial charge in [0.15, 0.2) is 0 Å². The van der Waals surface area contributed by atoms with Crippen molar-refractivity contribution in [1.82, 2.24) is 4.90 Å². The monoisotopic (exact) mass is 263 g/mol. The number of rotatable bonds is 2. The summed E-state index contributed by atoms with van der Waals surface area (Å²) in [5.41, 5.74) is -0.0857. The fourth-order valence-corrected chi connectivity index (χ4v) is 3.89. The Kier molecular flexibility index (Phi) is 3.35. The van der Waals surface area contributed by atoms with Crippen LogP contribution in [0.15, 0.2) is 24.3 Å². The van der Waals surface area contributed by atoms with Gasteiger partial charge in [0.05, 0.1) is 5.60 Å². The molecule has 0 saturated carbocycles. The van der Waals surface area contributed by atoms with Crippen LogP contribution in [0, 0.1) is 5.82 Å². The first-order chi connectivity index (χ1) is 9.07. The molecule has 3 rings (SSSR count). The van der Waals surface area contributed by atoms with Crippen molar-refractivity contribution in [3.05, 3.63) is 35.6 Å². The highest BCUT2D eigenvalue weighted by Crippen LogP contribution is 2.39. The molecule has 1 aromatic rings. The maximum atomic E-state index is 13.8. The molecule has 2 bridgehead atoms. The Balaban J connectivity index is 1.79. The predicted octanol–water partition coefficient (Wildman–Crippen LogP) is 2.75. The standard InChI is InChI=1S/C16H22FNO/c1-18-13-6-4-7-14(18)11-16(19,10-13)9-12-5-2-3-8-15(12)17/h2-3,5,8,13-14,19H,4,6-7,9-11H2,1H3. The summed E-state index contributed by atoms with van der Waals surface area (Å²) in [4.78, 5) is 2.42. The quantitative estimate of drug-likeness (QED) is 0.887. The molecule has 104 valence electrons. The van der Waals surface area contributed by atoms with Crippen molar-refractivity contribution in [3.8, 4) is 0 Å². The fraction of sp³-hybridized carbons (Fsp3) is 0.625. The van der Waals surface area contributed by atoms with Gasteiger partial charge in [0.25, 0.3) is 0 Å². The largest absolute Gasteiger partial charge is 0.389 e. The van der Waals surface area contributed by atoms with E-state index in [1.165, 1.54) is 12.5 Å². The van der Waals surface area contributed by atoms with Crippen LogP contribution in [0.5, 0.6) is 0 Å². The Morgan fingerprint density at radius 1 is 1.26 bits per heavy atom. The molecule has 2 atom stereocenters. The number of halogens is 1. The molecule has 0 amide bonds. The molecule has 0 aromatic heterocycles. The summed E-state index contributed by atoms with van der Waals surface area (Å²) in [5, 5.41) is 10.9. The first-order valence-electron chi connectivity index (χ1n) is 7.25. The second kappa shape index (κ2) is 4.88. The predicted molar refractivity (Wildman–Crippen MR) is 73.5 cm³/mol. The van der Waals surface area contributed by atoms with Gasteiger partial charge in [-0.1, -0.05) is 24.6 Å². The van der Waals surface area contributed by atoms with Crippen LogP contribution in [0.1, 0.15) is 37.7 Å². The lowest BCUT2D eigenvalue weighted by Gasteiger charge is -2.50. The fourth-order valence-electron chi connectivity index (χ4n) is 3.89. The first-order valence-corrected chi connectivity index (χ1v) is 7.25. The number of hydrogen-bond donors (Lipinski definition) is 1. The van der Waals surface area contributed by atoms with Crippen LogP contribution in [-0.4, -0.2) is 34.7 Å².